The van der Waals surface area contributed by atoms with E-state index in [1.165, 1.54) is 30.5 Å². The van der Waals surface area contributed by atoms with Crippen molar-refractivity contribution >= 4 is 33.3 Å². The molecule has 0 bridgehead atoms. The number of aromatic nitrogens is 2. The van der Waals surface area contributed by atoms with Crippen molar-refractivity contribution in [2.24, 2.45) is 0 Å². The van der Waals surface area contributed by atoms with E-state index in [1.807, 2.05) is 13.0 Å². The number of carbonyl (C=O) groups is 1. The minimum atomic E-state index is -4.69. The molecule has 10 heteroatoms. The fraction of sp³-hybridized carbons (Fsp3) is 0.316. The number of nitrogens with zero attached hydrogens (tertiary/aromatic N) is 2. The molecule has 0 radical (unpaired) electrons. The van der Waals surface area contributed by atoms with E-state index in [4.69, 9.17) is 0 Å². The van der Waals surface area contributed by atoms with Crippen LogP contribution in [-0.4, -0.2) is 35.8 Å². The van der Waals surface area contributed by atoms with Gasteiger partial charge in [0.2, 0.25) is 5.82 Å². The highest BCUT2D eigenvalue weighted by molar-refractivity contribution is 7.18. The van der Waals surface area contributed by atoms with Gasteiger partial charge in [-0.25, -0.2) is 9.97 Å². The topological polar surface area (TPSA) is 76.1 Å². The number of amides is 1. The standard InChI is InChI=1S/C19H19F3N4O2S/c1-11-10-14-15(25-16(17(27)23-2)26-18(14)29-11)24-9-3-4-12-5-7-13(8-6-12)28-19(20,21)22/h5-8,10H,3-4,9H2,1-2H3,(H,23,27)(H,24,25,26). The predicted molar refractivity (Wildman–Crippen MR) is 105 cm³/mol. The monoisotopic (exact) mass is 424 g/mol. The maximum absolute atomic E-state index is 12.2. The van der Waals surface area contributed by atoms with Crippen molar-refractivity contribution in [2.75, 3.05) is 18.9 Å². The molecule has 3 aromatic rings. The molecule has 2 aromatic heterocycles. The molecule has 154 valence electrons. The Kier molecular flexibility index (Phi) is 6.21. The Morgan fingerprint density at radius 1 is 1.21 bits per heavy atom. The van der Waals surface area contributed by atoms with Crippen molar-refractivity contribution in [3.05, 3.63) is 46.6 Å². The number of anilines is 1. The van der Waals surface area contributed by atoms with Crippen molar-refractivity contribution in [1.29, 1.82) is 0 Å². The van der Waals surface area contributed by atoms with Gasteiger partial charge >= 0.3 is 6.36 Å². The molecule has 29 heavy (non-hydrogen) atoms. The van der Waals surface area contributed by atoms with Crippen LogP contribution in [0.5, 0.6) is 5.75 Å². The van der Waals surface area contributed by atoms with E-state index in [0.29, 0.717) is 18.8 Å². The Labute approximate surface area is 169 Å². The minimum Gasteiger partial charge on any atom is -0.406 e. The third kappa shape index (κ3) is 5.57. The summed E-state index contributed by atoms with van der Waals surface area (Å²) in [6.07, 6.45) is -3.30. The van der Waals surface area contributed by atoms with Crippen LogP contribution in [0.25, 0.3) is 10.2 Å². The van der Waals surface area contributed by atoms with Gasteiger partial charge in [0.25, 0.3) is 5.91 Å². The number of benzene rings is 1. The summed E-state index contributed by atoms with van der Waals surface area (Å²) in [7, 11) is 1.52. The van der Waals surface area contributed by atoms with Crippen molar-refractivity contribution in [1.82, 2.24) is 15.3 Å². The molecule has 6 nitrogen and oxygen atoms in total. The Balaban J connectivity index is 1.61. The van der Waals surface area contributed by atoms with E-state index >= 15 is 0 Å². The molecule has 3 rings (SSSR count). The van der Waals surface area contributed by atoms with Gasteiger partial charge in [-0.2, -0.15) is 0 Å². The van der Waals surface area contributed by atoms with Crippen LogP contribution >= 0.6 is 11.3 Å². The lowest BCUT2D eigenvalue weighted by atomic mass is 10.1. The number of ether oxygens (including phenoxy) is 1. The number of hydrogen-bond donors (Lipinski definition) is 2. The Morgan fingerprint density at radius 3 is 2.59 bits per heavy atom. The zero-order chi connectivity index (χ0) is 21.0. The van der Waals surface area contributed by atoms with Gasteiger partial charge in [0, 0.05) is 18.5 Å². The van der Waals surface area contributed by atoms with Gasteiger partial charge in [-0.05, 0) is 43.5 Å². The SMILES string of the molecule is CNC(=O)c1nc(NCCCc2ccc(OC(F)(F)F)cc2)c2cc(C)sc2n1. The smallest absolute Gasteiger partial charge is 0.406 e. The molecular weight excluding hydrogens is 405 g/mol. The van der Waals surface area contributed by atoms with Gasteiger partial charge in [-0.3, -0.25) is 4.79 Å². The number of carbonyl (C=O) groups excluding carboxylic acids is 1. The molecule has 0 aliphatic heterocycles. The van der Waals surface area contributed by atoms with E-state index in [2.05, 4.69) is 25.3 Å². The van der Waals surface area contributed by atoms with Crippen LogP contribution in [0.2, 0.25) is 0 Å². The van der Waals surface area contributed by atoms with Crippen LogP contribution in [0.15, 0.2) is 30.3 Å². The number of halogens is 3. The zero-order valence-electron chi connectivity index (χ0n) is 15.8. The van der Waals surface area contributed by atoms with E-state index in [9.17, 15) is 18.0 Å². The second-order valence-electron chi connectivity index (χ2n) is 6.27. The van der Waals surface area contributed by atoms with Crippen LogP contribution in [0.4, 0.5) is 19.0 Å². The summed E-state index contributed by atoms with van der Waals surface area (Å²) in [6, 6.07) is 7.78. The maximum Gasteiger partial charge on any atom is 0.573 e. The lowest BCUT2D eigenvalue weighted by molar-refractivity contribution is -0.274. The largest absolute Gasteiger partial charge is 0.573 e. The number of nitrogens with one attached hydrogen (secondary N) is 2. The molecule has 0 aliphatic rings. The Morgan fingerprint density at radius 2 is 1.93 bits per heavy atom. The second kappa shape index (κ2) is 8.64. The van der Waals surface area contributed by atoms with Gasteiger partial charge < -0.3 is 15.4 Å². The molecule has 0 saturated heterocycles. The summed E-state index contributed by atoms with van der Waals surface area (Å²) in [4.78, 5) is 22.3. The van der Waals surface area contributed by atoms with Crippen molar-refractivity contribution in [3.8, 4) is 5.75 Å². The molecule has 2 heterocycles. The van der Waals surface area contributed by atoms with Crippen LogP contribution in [0.3, 0.4) is 0 Å². The van der Waals surface area contributed by atoms with Gasteiger partial charge in [-0.1, -0.05) is 12.1 Å². The molecule has 0 unspecified atom stereocenters. The highest BCUT2D eigenvalue weighted by Crippen LogP contribution is 2.28. The average molecular weight is 424 g/mol. The van der Waals surface area contributed by atoms with E-state index in [-0.39, 0.29) is 17.5 Å². The lowest BCUT2D eigenvalue weighted by Crippen LogP contribution is -2.21. The summed E-state index contributed by atoms with van der Waals surface area (Å²) in [5, 5.41) is 6.61. The third-order valence-electron chi connectivity index (χ3n) is 4.04. The normalized spacial score (nSPS) is 11.5. The Hall–Kier alpha value is -2.88. The number of rotatable bonds is 7. The fourth-order valence-corrected chi connectivity index (χ4v) is 3.63. The number of aryl methyl sites for hydroxylation is 2. The minimum absolute atomic E-state index is 0.101. The van der Waals surface area contributed by atoms with Crippen LogP contribution in [0.1, 0.15) is 27.5 Å². The average Bonchev–Trinajstić information content (AvgIpc) is 3.04. The molecule has 1 amide bonds. The molecule has 0 saturated carbocycles. The molecule has 1 aromatic carbocycles. The first kappa shape index (κ1) is 20.8. The third-order valence-corrected chi connectivity index (χ3v) is 4.98. The fourth-order valence-electron chi connectivity index (χ4n) is 2.75. The second-order valence-corrected chi connectivity index (χ2v) is 7.51. The lowest BCUT2D eigenvalue weighted by Gasteiger charge is -2.10. The van der Waals surface area contributed by atoms with Crippen LogP contribution in [-0.2, 0) is 6.42 Å². The maximum atomic E-state index is 12.2. The number of fused-ring (bicyclic) bond motifs is 1. The molecule has 0 atom stereocenters. The summed E-state index contributed by atoms with van der Waals surface area (Å²) in [5.41, 5.74) is 0.895. The van der Waals surface area contributed by atoms with Crippen molar-refractivity contribution in [3.63, 3.8) is 0 Å². The first-order valence-corrected chi connectivity index (χ1v) is 9.65. The quantitative estimate of drug-likeness (QED) is 0.553. The van der Waals surface area contributed by atoms with Gasteiger partial charge in [0.1, 0.15) is 16.4 Å². The van der Waals surface area contributed by atoms with E-state index in [0.717, 1.165) is 27.1 Å². The first-order chi connectivity index (χ1) is 13.7. The number of alkyl halides is 3. The van der Waals surface area contributed by atoms with Gasteiger partial charge in [0.05, 0.1) is 5.39 Å². The van der Waals surface area contributed by atoms with Gasteiger partial charge in [-0.15, -0.1) is 24.5 Å². The summed E-state index contributed by atoms with van der Waals surface area (Å²) in [6.45, 7) is 2.54. The van der Waals surface area contributed by atoms with E-state index < -0.39 is 6.36 Å². The Bertz CT molecular complexity index is 1000. The number of hydrogen-bond acceptors (Lipinski definition) is 6. The van der Waals surface area contributed by atoms with Crippen molar-refractivity contribution in [2.45, 2.75) is 26.1 Å². The molecule has 0 spiro atoms. The van der Waals surface area contributed by atoms with E-state index in [1.54, 1.807) is 12.1 Å². The van der Waals surface area contributed by atoms with Gasteiger partial charge in [0.15, 0.2) is 0 Å². The van der Waals surface area contributed by atoms with Crippen molar-refractivity contribution < 1.29 is 22.7 Å². The molecule has 2 N–H and O–H groups in total. The first-order valence-electron chi connectivity index (χ1n) is 8.84. The highest BCUT2D eigenvalue weighted by atomic mass is 32.1. The molecular formula is C19H19F3N4O2S. The highest BCUT2D eigenvalue weighted by Gasteiger charge is 2.30. The summed E-state index contributed by atoms with van der Waals surface area (Å²) >= 11 is 1.49. The summed E-state index contributed by atoms with van der Waals surface area (Å²) < 4.78 is 40.5. The number of thiophene rings is 1. The van der Waals surface area contributed by atoms with Crippen LogP contribution in [0, 0.1) is 6.92 Å². The summed E-state index contributed by atoms with van der Waals surface area (Å²) in [5.74, 6) is 0.0935. The predicted octanol–water partition coefficient (Wildman–Crippen LogP) is 4.30. The zero-order valence-corrected chi connectivity index (χ0v) is 16.6. The molecule has 0 aliphatic carbocycles. The molecule has 0 fully saturated rings. The van der Waals surface area contributed by atoms with Crippen LogP contribution < -0.4 is 15.4 Å².